The van der Waals surface area contributed by atoms with E-state index in [1.807, 2.05) is 67.6 Å². The van der Waals surface area contributed by atoms with Crippen molar-refractivity contribution in [2.75, 3.05) is 0 Å². The van der Waals surface area contributed by atoms with Gasteiger partial charge in [-0.1, -0.05) is 65.3 Å². The van der Waals surface area contributed by atoms with Crippen molar-refractivity contribution in [1.29, 1.82) is 0 Å². The van der Waals surface area contributed by atoms with Crippen LogP contribution in [0.4, 0.5) is 0 Å². The maximum atomic E-state index is 12.7. The third-order valence-corrected chi connectivity index (χ3v) is 4.57. The standard InChI is InChI=1S/C21H16N6O2/c1-14-7-9-16(10-8-14)20-22-19(29-25-20)13-26-21(28)27-18(24-26)12-11-17(23-27)15-5-3-2-4-6-15/h2-12H,13H2,1H3. The van der Waals surface area contributed by atoms with Gasteiger partial charge in [-0.25, -0.2) is 9.48 Å². The minimum Gasteiger partial charge on any atom is -0.337 e. The minimum absolute atomic E-state index is 0.0712. The number of rotatable bonds is 4. The molecule has 0 spiro atoms. The molecule has 0 aliphatic heterocycles. The van der Waals surface area contributed by atoms with Crippen LogP contribution in [0.25, 0.3) is 28.3 Å². The number of nitrogens with zero attached hydrogens (tertiary/aromatic N) is 6. The van der Waals surface area contributed by atoms with Gasteiger partial charge in [0.15, 0.2) is 5.65 Å². The summed E-state index contributed by atoms with van der Waals surface area (Å²) in [6, 6.07) is 21.1. The van der Waals surface area contributed by atoms with Crippen LogP contribution in [-0.4, -0.2) is 29.5 Å². The molecule has 8 nitrogen and oxygen atoms in total. The van der Waals surface area contributed by atoms with Crippen LogP contribution in [0.15, 0.2) is 76.0 Å². The lowest BCUT2D eigenvalue weighted by molar-refractivity contribution is 0.364. The lowest BCUT2D eigenvalue weighted by Gasteiger charge is -1.99. The van der Waals surface area contributed by atoms with Crippen molar-refractivity contribution >= 4 is 5.65 Å². The van der Waals surface area contributed by atoms with Gasteiger partial charge in [0, 0.05) is 11.1 Å². The van der Waals surface area contributed by atoms with E-state index in [0.717, 1.165) is 16.7 Å². The van der Waals surface area contributed by atoms with Gasteiger partial charge in [-0.3, -0.25) is 0 Å². The largest absolute Gasteiger partial charge is 0.367 e. The molecule has 0 saturated heterocycles. The molecule has 5 rings (SSSR count). The summed E-state index contributed by atoms with van der Waals surface area (Å²) < 4.78 is 7.85. The number of aryl methyl sites for hydroxylation is 1. The molecule has 5 aromatic rings. The number of benzene rings is 2. The number of hydrogen-bond acceptors (Lipinski definition) is 6. The Morgan fingerprint density at radius 3 is 2.48 bits per heavy atom. The zero-order valence-corrected chi connectivity index (χ0v) is 15.6. The van der Waals surface area contributed by atoms with E-state index >= 15 is 0 Å². The Kier molecular flexibility index (Phi) is 4.02. The second-order valence-corrected chi connectivity index (χ2v) is 6.67. The Morgan fingerprint density at radius 1 is 0.897 bits per heavy atom. The van der Waals surface area contributed by atoms with E-state index in [-0.39, 0.29) is 12.2 Å². The summed E-state index contributed by atoms with van der Waals surface area (Å²) in [4.78, 5) is 17.1. The summed E-state index contributed by atoms with van der Waals surface area (Å²) in [7, 11) is 0. The summed E-state index contributed by atoms with van der Waals surface area (Å²) in [5.41, 5.74) is 3.70. The van der Waals surface area contributed by atoms with Crippen molar-refractivity contribution in [1.82, 2.24) is 29.5 Å². The monoisotopic (exact) mass is 384 g/mol. The Balaban J connectivity index is 1.46. The van der Waals surface area contributed by atoms with E-state index in [1.165, 1.54) is 9.20 Å². The van der Waals surface area contributed by atoms with E-state index in [2.05, 4.69) is 20.3 Å². The summed E-state index contributed by atoms with van der Waals surface area (Å²) in [6.07, 6.45) is 0. The smallest absolute Gasteiger partial charge is 0.337 e. The molecular weight excluding hydrogens is 368 g/mol. The zero-order valence-electron chi connectivity index (χ0n) is 15.6. The summed E-state index contributed by atoms with van der Waals surface area (Å²) in [5.74, 6) is 0.774. The van der Waals surface area contributed by atoms with Crippen molar-refractivity contribution in [3.05, 3.63) is 88.7 Å². The van der Waals surface area contributed by atoms with Crippen LogP contribution >= 0.6 is 0 Å². The summed E-state index contributed by atoms with van der Waals surface area (Å²) >= 11 is 0. The fraction of sp³-hybridized carbons (Fsp3) is 0.0952. The molecule has 3 aromatic heterocycles. The molecule has 0 unspecified atom stereocenters. The van der Waals surface area contributed by atoms with Crippen molar-refractivity contribution < 1.29 is 4.52 Å². The molecule has 0 atom stereocenters. The average Bonchev–Trinajstić information content (AvgIpc) is 3.34. The van der Waals surface area contributed by atoms with Gasteiger partial charge < -0.3 is 4.52 Å². The fourth-order valence-corrected chi connectivity index (χ4v) is 3.04. The predicted molar refractivity (Wildman–Crippen MR) is 106 cm³/mol. The highest BCUT2D eigenvalue weighted by atomic mass is 16.5. The van der Waals surface area contributed by atoms with E-state index in [0.29, 0.717) is 23.1 Å². The quantitative estimate of drug-likeness (QED) is 0.473. The second-order valence-electron chi connectivity index (χ2n) is 6.67. The van der Waals surface area contributed by atoms with Gasteiger partial charge in [-0.15, -0.1) is 5.10 Å². The first kappa shape index (κ1) is 17.1. The van der Waals surface area contributed by atoms with Gasteiger partial charge in [0.2, 0.25) is 11.7 Å². The van der Waals surface area contributed by atoms with E-state index < -0.39 is 0 Å². The van der Waals surface area contributed by atoms with E-state index in [1.54, 1.807) is 6.07 Å². The van der Waals surface area contributed by atoms with E-state index in [4.69, 9.17) is 4.52 Å². The van der Waals surface area contributed by atoms with Crippen LogP contribution in [0.5, 0.6) is 0 Å². The maximum Gasteiger partial charge on any atom is 0.367 e. The normalized spacial score (nSPS) is 11.2. The van der Waals surface area contributed by atoms with Crippen LogP contribution in [-0.2, 0) is 6.54 Å². The van der Waals surface area contributed by atoms with Gasteiger partial charge in [0.05, 0.1) is 5.69 Å². The molecule has 142 valence electrons. The Hall–Kier alpha value is -4.07. The first-order valence-electron chi connectivity index (χ1n) is 9.09. The predicted octanol–water partition coefficient (Wildman–Crippen LogP) is 2.96. The minimum atomic E-state index is -0.368. The zero-order chi connectivity index (χ0) is 19.8. The number of hydrogen-bond donors (Lipinski definition) is 0. The molecule has 3 heterocycles. The first-order chi connectivity index (χ1) is 14.2. The Bertz CT molecular complexity index is 1350. The first-order valence-corrected chi connectivity index (χ1v) is 9.09. The molecule has 0 amide bonds. The Labute approximate surface area is 165 Å². The molecule has 2 aromatic carbocycles. The van der Waals surface area contributed by atoms with Gasteiger partial charge in [0.25, 0.3) is 0 Å². The molecule has 0 aliphatic carbocycles. The van der Waals surface area contributed by atoms with E-state index in [9.17, 15) is 4.79 Å². The van der Waals surface area contributed by atoms with Crippen LogP contribution < -0.4 is 5.69 Å². The highest BCUT2D eigenvalue weighted by Crippen LogP contribution is 2.17. The molecule has 29 heavy (non-hydrogen) atoms. The molecule has 0 fully saturated rings. The van der Waals surface area contributed by atoms with Gasteiger partial charge >= 0.3 is 5.69 Å². The highest BCUT2D eigenvalue weighted by Gasteiger charge is 2.14. The molecule has 0 saturated carbocycles. The lowest BCUT2D eigenvalue weighted by Crippen LogP contribution is -2.23. The Morgan fingerprint density at radius 2 is 1.69 bits per heavy atom. The SMILES string of the molecule is Cc1ccc(-c2noc(Cn3nc4ccc(-c5ccccc5)nn4c3=O)n2)cc1. The molecular formula is C21H16N6O2. The molecule has 0 N–H and O–H groups in total. The molecule has 0 bridgehead atoms. The second kappa shape index (κ2) is 6.83. The lowest BCUT2D eigenvalue weighted by atomic mass is 10.1. The van der Waals surface area contributed by atoms with Crippen LogP contribution in [0.1, 0.15) is 11.5 Å². The van der Waals surface area contributed by atoms with Gasteiger partial charge in [-0.2, -0.15) is 14.6 Å². The summed E-state index contributed by atoms with van der Waals surface area (Å²) in [6.45, 7) is 2.08. The topological polar surface area (TPSA) is 91.1 Å². The van der Waals surface area contributed by atoms with Crippen molar-refractivity contribution in [2.45, 2.75) is 13.5 Å². The van der Waals surface area contributed by atoms with Crippen molar-refractivity contribution in [2.24, 2.45) is 0 Å². The van der Waals surface area contributed by atoms with Crippen LogP contribution in [0.2, 0.25) is 0 Å². The number of fused-ring (bicyclic) bond motifs is 1. The van der Waals surface area contributed by atoms with Crippen LogP contribution in [0, 0.1) is 6.92 Å². The molecule has 0 radical (unpaired) electrons. The van der Waals surface area contributed by atoms with Gasteiger partial charge in [-0.05, 0) is 19.1 Å². The maximum absolute atomic E-state index is 12.7. The average molecular weight is 384 g/mol. The van der Waals surface area contributed by atoms with Gasteiger partial charge in [0.1, 0.15) is 6.54 Å². The molecule has 8 heteroatoms. The van der Waals surface area contributed by atoms with Crippen LogP contribution in [0.3, 0.4) is 0 Å². The number of aromatic nitrogens is 6. The van der Waals surface area contributed by atoms with Crippen molar-refractivity contribution in [3.63, 3.8) is 0 Å². The summed E-state index contributed by atoms with van der Waals surface area (Å²) in [5, 5.41) is 12.7. The third-order valence-electron chi connectivity index (χ3n) is 4.57. The fourth-order valence-electron chi connectivity index (χ4n) is 3.04. The van der Waals surface area contributed by atoms with Crippen molar-refractivity contribution in [3.8, 4) is 22.6 Å². The molecule has 0 aliphatic rings. The third kappa shape index (κ3) is 3.20. The highest BCUT2D eigenvalue weighted by molar-refractivity contribution is 5.59.